The number of carbonyl (C=O) groups excluding carboxylic acids is 1. The molecule has 1 aliphatic carbocycles. The van der Waals surface area contributed by atoms with E-state index < -0.39 is 11.6 Å². The summed E-state index contributed by atoms with van der Waals surface area (Å²) in [5.74, 6) is 1.45. The Morgan fingerprint density at radius 2 is 1.90 bits per heavy atom. The van der Waals surface area contributed by atoms with E-state index in [0.717, 1.165) is 17.9 Å². The molecule has 2 aliphatic rings. The summed E-state index contributed by atoms with van der Waals surface area (Å²) in [5.41, 5.74) is -1.36. The molecule has 1 aromatic carbocycles. The minimum Gasteiger partial charge on any atom is -0.477 e. The van der Waals surface area contributed by atoms with Crippen LogP contribution in [0.15, 0.2) is 59.6 Å². The van der Waals surface area contributed by atoms with Gasteiger partial charge in [0.05, 0.1) is 17.6 Å². The predicted molar refractivity (Wildman–Crippen MR) is 144 cm³/mol. The Bertz CT molecular complexity index is 1320. The number of anilines is 1. The van der Waals surface area contributed by atoms with Gasteiger partial charge in [-0.05, 0) is 81.7 Å². The lowest BCUT2D eigenvalue weighted by atomic mass is 9.97. The second-order valence-electron chi connectivity index (χ2n) is 11.1. The van der Waals surface area contributed by atoms with E-state index in [9.17, 15) is 18.0 Å². The first-order valence-corrected chi connectivity index (χ1v) is 13.9. The third kappa shape index (κ3) is 5.88. The maximum atomic E-state index is 13.3. The van der Waals surface area contributed by atoms with Crippen molar-refractivity contribution in [2.45, 2.75) is 63.1 Å². The smallest absolute Gasteiger partial charge is 0.394 e. The highest BCUT2D eigenvalue weighted by Gasteiger charge is 2.62. The molecule has 2 fully saturated rings. The fraction of sp³-hybridized carbons (Fsp3) is 0.464. The van der Waals surface area contributed by atoms with Crippen molar-refractivity contribution in [1.82, 2.24) is 19.5 Å². The van der Waals surface area contributed by atoms with Gasteiger partial charge < -0.3 is 9.64 Å². The van der Waals surface area contributed by atoms with E-state index in [1.54, 1.807) is 24.4 Å². The quantitative estimate of drug-likeness (QED) is 0.304. The van der Waals surface area contributed by atoms with Gasteiger partial charge in [0, 0.05) is 29.2 Å². The molecule has 3 aromatic rings. The average molecular weight is 560 g/mol. The number of aromatic nitrogens is 3. The summed E-state index contributed by atoms with van der Waals surface area (Å²) in [5, 5.41) is 4.38. The number of hydrogen-bond acceptors (Lipinski definition) is 6. The van der Waals surface area contributed by atoms with E-state index in [0.29, 0.717) is 23.1 Å². The minimum atomic E-state index is -4.20. The van der Waals surface area contributed by atoms with Gasteiger partial charge in [-0.3, -0.25) is 9.52 Å². The number of carbonyl (C=O) groups is 1. The first-order chi connectivity index (χ1) is 18.5. The number of amides is 1. The molecule has 1 amide bonds. The van der Waals surface area contributed by atoms with Gasteiger partial charge in [0.25, 0.3) is 5.91 Å². The lowest BCUT2D eigenvalue weighted by molar-refractivity contribution is -0.190. The maximum absolute atomic E-state index is 13.3. The predicted octanol–water partition coefficient (Wildman–Crippen LogP) is 6.44. The first-order valence-electron chi connectivity index (χ1n) is 13.0. The molecule has 7 nitrogen and oxygen atoms in total. The number of nitrogens with zero attached hydrogens (tertiary/aromatic N) is 4. The highest BCUT2D eigenvalue weighted by molar-refractivity contribution is 7.98. The van der Waals surface area contributed by atoms with Crippen molar-refractivity contribution in [3.05, 3.63) is 60.3 Å². The average Bonchev–Trinajstić information content (AvgIpc) is 3.46. The zero-order valence-electron chi connectivity index (χ0n) is 22.2. The van der Waals surface area contributed by atoms with Crippen molar-refractivity contribution < 1.29 is 22.7 Å². The largest absolute Gasteiger partial charge is 0.477 e. The molecule has 0 radical (unpaired) electrons. The van der Waals surface area contributed by atoms with E-state index >= 15 is 0 Å². The van der Waals surface area contributed by atoms with Gasteiger partial charge >= 0.3 is 6.18 Å². The Labute approximate surface area is 230 Å². The number of ether oxygens (including phenoxy) is 1. The summed E-state index contributed by atoms with van der Waals surface area (Å²) in [4.78, 5) is 21.2. The molecule has 1 unspecified atom stereocenters. The van der Waals surface area contributed by atoms with Gasteiger partial charge in [0.15, 0.2) is 5.82 Å². The Morgan fingerprint density at radius 3 is 2.54 bits per heavy atom. The van der Waals surface area contributed by atoms with Crippen molar-refractivity contribution in [1.29, 1.82) is 0 Å². The summed E-state index contributed by atoms with van der Waals surface area (Å²) in [6.07, 6.45) is -1.38. The molecule has 39 heavy (non-hydrogen) atoms. The first kappa shape index (κ1) is 27.4. The molecule has 2 aromatic heterocycles. The summed E-state index contributed by atoms with van der Waals surface area (Å²) < 4.78 is 49.6. The zero-order valence-corrected chi connectivity index (χ0v) is 23.0. The highest BCUT2D eigenvalue weighted by atomic mass is 32.2. The summed E-state index contributed by atoms with van der Waals surface area (Å²) in [6, 6.07) is 14.6. The number of rotatable bonds is 9. The molecule has 3 heterocycles. The molecule has 1 atom stereocenters. The van der Waals surface area contributed by atoms with E-state index in [1.165, 1.54) is 16.6 Å². The molecule has 208 valence electrons. The van der Waals surface area contributed by atoms with Gasteiger partial charge in [-0.1, -0.05) is 25.1 Å². The Balaban J connectivity index is 1.35. The number of alkyl halides is 3. The molecule has 5 rings (SSSR count). The van der Waals surface area contributed by atoms with Crippen LogP contribution >= 0.6 is 11.9 Å². The van der Waals surface area contributed by atoms with Crippen LogP contribution in [0.1, 0.15) is 56.8 Å². The summed E-state index contributed by atoms with van der Waals surface area (Å²) in [6.45, 7) is 7.15. The van der Waals surface area contributed by atoms with Crippen LogP contribution in [0.4, 0.5) is 19.0 Å². The van der Waals surface area contributed by atoms with Crippen molar-refractivity contribution in [3.8, 4) is 11.7 Å². The minimum absolute atomic E-state index is 0.0623. The Morgan fingerprint density at radius 1 is 1.15 bits per heavy atom. The van der Waals surface area contributed by atoms with E-state index in [2.05, 4.69) is 35.5 Å². The van der Waals surface area contributed by atoms with E-state index in [4.69, 9.17) is 9.72 Å². The number of benzene rings is 1. The second kappa shape index (κ2) is 10.4. The molecular formula is C28H32F3N5O2S. The van der Waals surface area contributed by atoms with Crippen LogP contribution in [-0.4, -0.2) is 45.5 Å². The fourth-order valence-electron chi connectivity index (χ4n) is 5.25. The second-order valence-corrected chi connectivity index (χ2v) is 12.0. The van der Waals surface area contributed by atoms with Gasteiger partial charge in [-0.15, -0.1) is 5.10 Å². The van der Waals surface area contributed by atoms with Crippen LogP contribution in [0.3, 0.4) is 0 Å². The topological polar surface area (TPSA) is 72.3 Å². The molecule has 1 N–H and O–H groups in total. The molecule has 0 bridgehead atoms. The molecule has 1 aliphatic heterocycles. The van der Waals surface area contributed by atoms with Crippen LogP contribution in [0, 0.1) is 11.3 Å². The number of hydrogen-bond donors (Lipinski definition) is 1. The summed E-state index contributed by atoms with van der Waals surface area (Å²) in [7, 11) is 0. The number of pyridine rings is 1. The maximum Gasteiger partial charge on any atom is 0.394 e. The van der Waals surface area contributed by atoms with Crippen molar-refractivity contribution in [2.24, 2.45) is 11.3 Å². The number of nitrogens with one attached hydrogen (secondary N) is 1. The number of halogens is 3. The van der Waals surface area contributed by atoms with Gasteiger partial charge in [-0.2, -0.15) is 13.2 Å². The van der Waals surface area contributed by atoms with Crippen LogP contribution in [-0.2, 0) is 0 Å². The van der Waals surface area contributed by atoms with Gasteiger partial charge in [0.2, 0.25) is 5.88 Å². The SMILES string of the molecule is CC1CN(c2nc(-n3ccc(OCCC4(C(F)(F)F)CC4)n3)ccc2C(=O)NSc2ccccc2)C(C)(C)C1. The fourth-order valence-corrected chi connectivity index (χ4v) is 5.86. The molecule has 1 saturated heterocycles. The summed E-state index contributed by atoms with van der Waals surface area (Å²) >= 11 is 1.24. The van der Waals surface area contributed by atoms with Gasteiger partial charge in [-0.25, -0.2) is 9.67 Å². The van der Waals surface area contributed by atoms with Crippen molar-refractivity contribution >= 4 is 23.7 Å². The van der Waals surface area contributed by atoms with Crippen LogP contribution < -0.4 is 14.4 Å². The van der Waals surface area contributed by atoms with Crippen molar-refractivity contribution in [2.75, 3.05) is 18.1 Å². The Hall–Kier alpha value is -3.21. The standard InChI is InChI=1S/C28H32F3N5O2S/c1-19-17-26(2,3)35(18-19)24-21(25(37)34-39-20-7-5-4-6-8-20)9-10-22(32-24)36-15-11-23(33-36)38-16-14-27(12-13-27)28(29,30)31/h4-11,15,19H,12-14,16-18H2,1-3H3,(H,34,37). The molecular weight excluding hydrogens is 527 g/mol. The Kier molecular flexibility index (Phi) is 7.30. The van der Waals surface area contributed by atoms with Crippen LogP contribution in [0.2, 0.25) is 0 Å². The molecule has 11 heteroatoms. The third-order valence-corrected chi connectivity index (χ3v) is 8.32. The molecule has 0 spiro atoms. The third-order valence-electron chi connectivity index (χ3n) is 7.52. The van der Waals surface area contributed by atoms with E-state index in [1.807, 2.05) is 30.3 Å². The monoisotopic (exact) mass is 559 g/mol. The van der Waals surface area contributed by atoms with Crippen LogP contribution in [0.25, 0.3) is 5.82 Å². The molecule has 1 saturated carbocycles. The van der Waals surface area contributed by atoms with Crippen LogP contribution in [0.5, 0.6) is 5.88 Å². The lowest BCUT2D eigenvalue weighted by Crippen LogP contribution is -2.40. The van der Waals surface area contributed by atoms with E-state index in [-0.39, 0.29) is 43.2 Å². The normalized spacial score (nSPS) is 19.6. The lowest BCUT2D eigenvalue weighted by Gasteiger charge is -2.34. The van der Waals surface area contributed by atoms with Gasteiger partial charge in [0.1, 0.15) is 5.82 Å². The highest BCUT2D eigenvalue weighted by Crippen LogP contribution is 2.59. The zero-order chi connectivity index (χ0) is 27.8. The van der Waals surface area contributed by atoms with Crippen molar-refractivity contribution in [3.63, 3.8) is 0 Å².